The molecule has 0 heterocycles. The molecule has 8 nitrogen and oxygen atoms in total. The van der Waals surface area contributed by atoms with Crippen LogP contribution in [0.2, 0.25) is 0 Å². The third-order valence-corrected chi connectivity index (χ3v) is 3.90. The summed E-state index contributed by atoms with van der Waals surface area (Å²) in [5.74, 6) is -1.63. The van der Waals surface area contributed by atoms with Crippen LogP contribution in [0.15, 0.2) is 47.4 Å². The quantitative estimate of drug-likeness (QED) is 0.234. The Bertz CT molecular complexity index is 836. The summed E-state index contributed by atoms with van der Waals surface area (Å²) >= 11 is 0. The molecule has 0 spiro atoms. The van der Waals surface area contributed by atoms with E-state index in [0.717, 1.165) is 12.1 Å². The molecule has 0 bridgehead atoms. The zero-order valence-electron chi connectivity index (χ0n) is 13.2. The Hall–Kier alpha value is -1.46. The Morgan fingerprint density at radius 2 is 1.52 bits per heavy atom. The topological polar surface area (TPSA) is 133 Å². The fraction of sp³-hybridized carbons (Fsp3) is 0.133. The average Bonchev–Trinajstić information content (AvgIpc) is 2.55. The van der Waals surface area contributed by atoms with Gasteiger partial charge in [-0.25, -0.2) is 8.42 Å². The molecule has 0 aliphatic rings. The van der Waals surface area contributed by atoms with Crippen molar-refractivity contribution in [1.29, 1.82) is 0 Å². The SMILES string of the molecule is O=C(c1ccccc1)c1ccc(S(=O)(=O)[O-])c(OCO)c1OCO.[Na+]. The van der Waals surface area contributed by atoms with E-state index >= 15 is 0 Å². The van der Waals surface area contributed by atoms with Crippen molar-refractivity contribution in [2.75, 3.05) is 13.6 Å². The van der Waals surface area contributed by atoms with E-state index < -0.39 is 45.9 Å². The van der Waals surface area contributed by atoms with Crippen LogP contribution in [0.3, 0.4) is 0 Å². The Morgan fingerprint density at radius 1 is 0.960 bits per heavy atom. The summed E-state index contributed by atoms with van der Waals surface area (Å²) in [5.41, 5.74) is 0.138. The van der Waals surface area contributed by atoms with Gasteiger partial charge in [0.2, 0.25) is 0 Å². The molecule has 2 aromatic carbocycles. The standard InChI is InChI=1S/C15H14O8S.Na/c16-8-22-14-11(13(18)10-4-2-1-3-5-10)6-7-12(24(19,20)21)15(14)23-9-17;/h1-7,16-17H,8-9H2,(H,19,20,21);/q;+1/p-1. The maximum Gasteiger partial charge on any atom is 1.00 e. The summed E-state index contributed by atoms with van der Waals surface area (Å²) in [6.07, 6.45) is 0. The fourth-order valence-electron chi connectivity index (χ4n) is 2.07. The first-order valence-corrected chi connectivity index (χ1v) is 8.01. The van der Waals surface area contributed by atoms with Gasteiger partial charge in [0.15, 0.2) is 30.9 Å². The summed E-state index contributed by atoms with van der Waals surface area (Å²) < 4.78 is 43.6. The van der Waals surface area contributed by atoms with Crippen molar-refractivity contribution in [2.45, 2.75) is 4.90 Å². The van der Waals surface area contributed by atoms with E-state index in [1.807, 2.05) is 0 Å². The number of aliphatic hydroxyl groups excluding tert-OH is 2. The van der Waals surface area contributed by atoms with Gasteiger partial charge in [-0.3, -0.25) is 4.79 Å². The number of hydrogen-bond donors (Lipinski definition) is 2. The summed E-state index contributed by atoms with van der Waals surface area (Å²) in [7, 11) is -4.96. The summed E-state index contributed by atoms with van der Waals surface area (Å²) in [6.45, 7) is -1.87. The van der Waals surface area contributed by atoms with Crippen LogP contribution in [0.5, 0.6) is 11.5 Å². The summed E-state index contributed by atoms with van der Waals surface area (Å²) in [4.78, 5) is 11.7. The number of ketones is 1. The van der Waals surface area contributed by atoms with Crippen molar-refractivity contribution in [2.24, 2.45) is 0 Å². The van der Waals surface area contributed by atoms with Crippen LogP contribution in [0, 0.1) is 0 Å². The van der Waals surface area contributed by atoms with E-state index in [2.05, 4.69) is 0 Å². The van der Waals surface area contributed by atoms with E-state index in [4.69, 9.17) is 19.7 Å². The van der Waals surface area contributed by atoms with Crippen molar-refractivity contribution in [1.82, 2.24) is 0 Å². The van der Waals surface area contributed by atoms with Gasteiger partial charge < -0.3 is 24.2 Å². The number of rotatable bonds is 7. The molecule has 0 saturated heterocycles. The minimum Gasteiger partial charge on any atom is -0.744 e. The van der Waals surface area contributed by atoms with Crippen molar-refractivity contribution in [3.05, 3.63) is 53.6 Å². The number of ether oxygens (including phenoxy) is 2. The van der Waals surface area contributed by atoms with Gasteiger partial charge in [0.25, 0.3) is 0 Å². The Morgan fingerprint density at radius 3 is 2.04 bits per heavy atom. The average molecular weight is 376 g/mol. The van der Waals surface area contributed by atoms with Crippen LogP contribution in [-0.4, -0.2) is 42.6 Å². The predicted octanol–water partition coefficient (Wildman–Crippen LogP) is -2.52. The van der Waals surface area contributed by atoms with Crippen LogP contribution in [-0.2, 0) is 10.1 Å². The number of carbonyl (C=O) groups excluding carboxylic acids is 1. The monoisotopic (exact) mass is 376 g/mol. The van der Waals surface area contributed by atoms with E-state index in [9.17, 15) is 17.8 Å². The van der Waals surface area contributed by atoms with Gasteiger partial charge in [0, 0.05) is 5.56 Å². The Labute approximate surface area is 166 Å². The van der Waals surface area contributed by atoms with Gasteiger partial charge >= 0.3 is 29.6 Å². The molecule has 0 atom stereocenters. The van der Waals surface area contributed by atoms with Crippen LogP contribution in [0.4, 0.5) is 0 Å². The van der Waals surface area contributed by atoms with E-state index in [1.54, 1.807) is 18.2 Å². The molecule has 0 radical (unpaired) electrons. The van der Waals surface area contributed by atoms with Crippen molar-refractivity contribution in [3.8, 4) is 11.5 Å². The molecule has 2 aromatic rings. The first-order chi connectivity index (χ1) is 11.4. The molecule has 0 aromatic heterocycles. The fourth-order valence-corrected chi connectivity index (χ4v) is 2.69. The summed E-state index contributed by atoms with van der Waals surface area (Å²) in [5, 5.41) is 17.9. The molecular weight excluding hydrogens is 363 g/mol. The maximum absolute atomic E-state index is 12.6. The van der Waals surface area contributed by atoms with Crippen molar-refractivity contribution in [3.63, 3.8) is 0 Å². The molecule has 2 rings (SSSR count). The zero-order valence-corrected chi connectivity index (χ0v) is 16.0. The minimum absolute atomic E-state index is 0. The van der Waals surface area contributed by atoms with E-state index in [1.165, 1.54) is 12.1 Å². The smallest absolute Gasteiger partial charge is 0.744 e. The molecule has 25 heavy (non-hydrogen) atoms. The first-order valence-electron chi connectivity index (χ1n) is 6.60. The number of aliphatic hydroxyl groups is 2. The first kappa shape index (κ1) is 21.6. The Balaban J connectivity index is 0.00000312. The third kappa shape index (κ3) is 5.02. The minimum atomic E-state index is -4.96. The molecule has 128 valence electrons. The van der Waals surface area contributed by atoms with Crippen LogP contribution in [0.25, 0.3) is 0 Å². The molecule has 0 saturated carbocycles. The van der Waals surface area contributed by atoms with Gasteiger partial charge in [-0.2, -0.15) is 0 Å². The van der Waals surface area contributed by atoms with Gasteiger partial charge in [-0.1, -0.05) is 30.3 Å². The molecule has 0 aliphatic heterocycles. The second kappa shape index (κ2) is 9.30. The summed E-state index contributed by atoms with van der Waals surface area (Å²) in [6, 6.07) is 9.97. The van der Waals surface area contributed by atoms with Crippen LogP contribution >= 0.6 is 0 Å². The zero-order chi connectivity index (χ0) is 17.7. The normalized spacial score (nSPS) is 10.7. The molecular formula is C15H13NaO8S. The van der Waals surface area contributed by atoms with Gasteiger partial charge in [0.1, 0.15) is 15.0 Å². The Kier molecular flexibility index (Phi) is 8.03. The van der Waals surface area contributed by atoms with Gasteiger partial charge in [0.05, 0.1) is 5.56 Å². The predicted molar refractivity (Wildman–Crippen MR) is 79.7 cm³/mol. The second-order valence-corrected chi connectivity index (χ2v) is 5.81. The molecule has 0 unspecified atom stereocenters. The molecule has 10 heteroatoms. The van der Waals surface area contributed by atoms with Crippen LogP contribution in [0.1, 0.15) is 15.9 Å². The second-order valence-electron chi connectivity index (χ2n) is 4.47. The van der Waals surface area contributed by atoms with Gasteiger partial charge in [-0.05, 0) is 12.1 Å². The van der Waals surface area contributed by atoms with Crippen LogP contribution < -0.4 is 39.0 Å². The number of hydrogen-bond acceptors (Lipinski definition) is 8. The van der Waals surface area contributed by atoms with E-state index in [0.29, 0.717) is 0 Å². The number of benzene rings is 2. The molecule has 0 amide bonds. The molecule has 0 fully saturated rings. The molecule has 0 aliphatic carbocycles. The van der Waals surface area contributed by atoms with E-state index in [-0.39, 0.29) is 40.7 Å². The maximum atomic E-state index is 12.6. The third-order valence-electron chi connectivity index (χ3n) is 3.04. The number of carbonyl (C=O) groups is 1. The van der Waals surface area contributed by atoms with Gasteiger partial charge in [-0.15, -0.1) is 0 Å². The van der Waals surface area contributed by atoms with Crippen molar-refractivity contribution >= 4 is 15.9 Å². The molecule has 2 N–H and O–H groups in total. The largest absolute Gasteiger partial charge is 1.00 e. The van der Waals surface area contributed by atoms with Crippen molar-refractivity contribution < 1.29 is 67.0 Å².